The van der Waals surface area contributed by atoms with E-state index in [1.54, 1.807) is 12.1 Å². The number of nitrogens with one attached hydrogen (secondary N) is 2. The van der Waals surface area contributed by atoms with Crippen LogP contribution in [0.1, 0.15) is 44.7 Å². The smallest absolute Gasteiger partial charge is 0.233 e. The Bertz CT molecular complexity index is 1050. The van der Waals surface area contributed by atoms with Gasteiger partial charge in [-0.1, -0.05) is 26.8 Å². The Morgan fingerprint density at radius 2 is 1.88 bits per heavy atom. The molecule has 0 aliphatic heterocycles. The summed E-state index contributed by atoms with van der Waals surface area (Å²) in [7, 11) is 2.00. The summed E-state index contributed by atoms with van der Waals surface area (Å²) in [5.74, 6) is -2.67. The monoisotopic (exact) mass is 459 g/mol. The molecule has 1 unspecified atom stereocenters. The second-order valence-corrected chi connectivity index (χ2v) is 8.85. The molecule has 3 rings (SSSR count). The van der Waals surface area contributed by atoms with Crippen LogP contribution < -0.4 is 10.6 Å². The van der Waals surface area contributed by atoms with E-state index in [1.807, 2.05) is 27.0 Å². The van der Waals surface area contributed by atoms with Crippen molar-refractivity contribution in [3.63, 3.8) is 0 Å². The number of aromatic hydroxyl groups is 1. The van der Waals surface area contributed by atoms with Crippen molar-refractivity contribution in [3.8, 4) is 5.75 Å². The van der Waals surface area contributed by atoms with Crippen molar-refractivity contribution in [3.05, 3.63) is 59.2 Å². The van der Waals surface area contributed by atoms with E-state index in [9.17, 15) is 23.5 Å². The summed E-state index contributed by atoms with van der Waals surface area (Å²) >= 11 is 0. The number of carbonyl (C=O) groups excluding carboxylic acids is 2. The molecule has 0 spiro atoms. The second-order valence-electron chi connectivity index (χ2n) is 8.85. The van der Waals surface area contributed by atoms with Crippen molar-refractivity contribution in [1.82, 2.24) is 10.2 Å². The van der Waals surface area contributed by atoms with Gasteiger partial charge in [0.15, 0.2) is 0 Å². The molecular weight excluding hydrogens is 428 g/mol. The molecule has 0 bridgehead atoms. The van der Waals surface area contributed by atoms with Gasteiger partial charge in [0.2, 0.25) is 11.8 Å². The van der Waals surface area contributed by atoms with Gasteiger partial charge in [0.05, 0.1) is 11.7 Å². The van der Waals surface area contributed by atoms with Crippen molar-refractivity contribution in [2.45, 2.75) is 57.5 Å². The minimum absolute atomic E-state index is 0.0152. The molecule has 178 valence electrons. The van der Waals surface area contributed by atoms with Crippen LogP contribution in [0.2, 0.25) is 0 Å². The van der Waals surface area contributed by atoms with Crippen molar-refractivity contribution < 1.29 is 23.5 Å². The lowest BCUT2D eigenvalue weighted by Crippen LogP contribution is -2.63. The van der Waals surface area contributed by atoms with E-state index in [0.29, 0.717) is 18.9 Å². The molecule has 2 aromatic rings. The van der Waals surface area contributed by atoms with Gasteiger partial charge in [-0.05, 0) is 61.8 Å². The van der Waals surface area contributed by atoms with E-state index in [2.05, 4.69) is 22.5 Å². The first-order chi connectivity index (χ1) is 15.6. The molecule has 0 saturated heterocycles. The zero-order chi connectivity index (χ0) is 24.3. The topological polar surface area (TPSA) is 81.7 Å². The molecule has 1 aliphatic carbocycles. The predicted octanol–water partition coefficient (Wildman–Crippen LogP) is 3.73. The maximum Gasteiger partial charge on any atom is 0.233 e. The lowest BCUT2D eigenvalue weighted by molar-refractivity contribution is -0.128. The highest BCUT2D eigenvalue weighted by atomic mass is 19.1. The number of carbonyl (C=O) groups is 2. The van der Waals surface area contributed by atoms with E-state index >= 15 is 0 Å². The number of hydrogen-bond donors (Lipinski definition) is 3. The van der Waals surface area contributed by atoms with Crippen LogP contribution in [0.4, 0.5) is 14.5 Å². The number of anilines is 1. The fourth-order valence-electron chi connectivity index (χ4n) is 4.68. The van der Waals surface area contributed by atoms with Crippen LogP contribution in [0.5, 0.6) is 5.75 Å². The van der Waals surface area contributed by atoms with E-state index in [4.69, 9.17) is 0 Å². The van der Waals surface area contributed by atoms with Gasteiger partial charge in [-0.3, -0.25) is 9.59 Å². The highest BCUT2D eigenvalue weighted by Crippen LogP contribution is 2.42. The summed E-state index contributed by atoms with van der Waals surface area (Å²) in [4.78, 5) is 27.4. The Morgan fingerprint density at radius 1 is 1.15 bits per heavy atom. The first-order valence-electron chi connectivity index (χ1n) is 11.2. The number of benzene rings is 2. The van der Waals surface area contributed by atoms with Crippen LogP contribution in [0, 0.1) is 11.6 Å². The average Bonchev–Trinajstić information content (AvgIpc) is 2.77. The molecule has 2 amide bonds. The molecule has 1 aliphatic rings. The van der Waals surface area contributed by atoms with Crippen LogP contribution in [-0.2, 0) is 21.4 Å². The Hall–Kier alpha value is -3.00. The van der Waals surface area contributed by atoms with Gasteiger partial charge >= 0.3 is 0 Å². The Balaban J connectivity index is 1.82. The van der Waals surface area contributed by atoms with Gasteiger partial charge in [-0.2, -0.15) is 0 Å². The number of amides is 2. The maximum absolute atomic E-state index is 13.8. The fourth-order valence-corrected chi connectivity index (χ4v) is 4.68. The second kappa shape index (κ2) is 9.87. The molecule has 8 heteroatoms. The summed E-state index contributed by atoms with van der Waals surface area (Å²) < 4.78 is 26.9. The Morgan fingerprint density at radius 3 is 2.52 bits per heavy atom. The maximum atomic E-state index is 13.8. The lowest BCUT2D eigenvalue weighted by atomic mass is 9.64. The molecule has 3 atom stereocenters. The summed E-state index contributed by atoms with van der Waals surface area (Å²) in [6.45, 7) is 6.90. The van der Waals surface area contributed by atoms with E-state index in [1.165, 1.54) is 0 Å². The van der Waals surface area contributed by atoms with E-state index in [0.717, 1.165) is 29.8 Å². The van der Waals surface area contributed by atoms with E-state index in [-0.39, 0.29) is 23.5 Å². The fraction of sp³-hybridized carbons (Fsp3) is 0.440. The zero-order valence-electron chi connectivity index (χ0n) is 19.4. The third-order valence-electron chi connectivity index (χ3n) is 6.85. The van der Waals surface area contributed by atoms with Crippen LogP contribution in [-0.4, -0.2) is 47.5 Å². The van der Waals surface area contributed by atoms with Crippen LogP contribution >= 0.6 is 0 Å². The van der Waals surface area contributed by atoms with E-state index < -0.39 is 35.3 Å². The Kier molecular flexibility index (Phi) is 7.37. The molecule has 3 N–H and O–H groups in total. The van der Waals surface area contributed by atoms with Gasteiger partial charge < -0.3 is 20.6 Å². The first-order valence-corrected chi connectivity index (χ1v) is 11.2. The minimum Gasteiger partial charge on any atom is -0.508 e. The van der Waals surface area contributed by atoms with Gasteiger partial charge in [-0.15, -0.1) is 0 Å². The number of likely N-dealkylation sites (N-methyl/N-ethyl adjacent to an activating group) is 1. The van der Waals surface area contributed by atoms with Crippen LogP contribution in [0.15, 0.2) is 36.4 Å². The van der Waals surface area contributed by atoms with Crippen molar-refractivity contribution in [2.75, 3.05) is 18.9 Å². The number of fused-ring (bicyclic) bond motifs is 1. The van der Waals surface area contributed by atoms with Crippen molar-refractivity contribution in [2.24, 2.45) is 0 Å². The number of phenolic OH excluding ortho intramolecular Hbond substituents is 1. The zero-order valence-corrected chi connectivity index (χ0v) is 19.4. The Labute approximate surface area is 193 Å². The summed E-state index contributed by atoms with van der Waals surface area (Å²) in [5, 5.41) is 15.5. The van der Waals surface area contributed by atoms with Crippen LogP contribution in [0.3, 0.4) is 0 Å². The molecule has 33 heavy (non-hydrogen) atoms. The molecule has 6 nitrogen and oxygen atoms in total. The third-order valence-corrected chi connectivity index (χ3v) is 6.85. The summed E-state index contributed by atoms with van der Waals surface area (Å²) in [5.41, 5.74) is 1.44. The lowest BCUT2D eigenvalue weighted by Gasteiger charge is -2.50. The summed E-state index contributed by atoms with van der Waals surface area (Å²) in [6, 6.07) is 7.85. The molecule has 0 radical (unpaired) electrons. The molecule has 0 aromatic heterocycles. The quantitative estimate of drug-likeness (QED) is 0.551. The third kappa shape index (κ3) is 5.16. The molecule has 0 fully saturated rings. The number of phenols is 1. The molecule has 2 aromatic carbocycles. The van der Waals surface area contributed by atoms with Crippen LogP contribution in [0.25, 0.3) is 0 Å². The highest BCUT2D eigenvalue weighted by molar-refractivity contribution is 6.03. The van der Waals surface area contributed by atoms with Crippen molar-refractivity contribution >= 4 is 17.5 Å². The number of hydrogen-bond acceptors (Lipinski definition) is 4. The van der Waals surface area contributed by atoms with Crippen molar-refractivity contribution in [1.29, 1.82) is 0 Å². The van der Waals surface area contributed by atoms with Gasteiger partial charge in [0.1, 0.15) is 23.8 Å². The number of rotatable bonds is 7. The molecule has 0 heterocycles. The normalized spacial score (nSPS) is 22.0. The van der Waals surface area contributed by atoms with Gasteiger partial charge in [-0.25, -0.2) is 8.78 Å². The predicted molar refractivity (Wildman–Crippen MR) is 123 cm³/mol. The number of nitrogens with zero attached hydrogens (tertiary/aromatic N) is 1. The molecule has 0 saturated carbocycles. The average molecular weight is 460 g/mol. The number of halogens is 2. The summed E-state index contributed by atoms with van der Waals surface area (Å²) in [6.07, 6.45) is 0.894. The van der Waals surface area contributed by atoms with Gasteiger partial charge in [0, 0.05) is 17.5 Å². The highest BCUT2D eigenvalue weighted by Gasteiger charge is 2.46. The molecular formula is C25H31F2N3O3. The SMILES string of the molecule is CCN(C)C1Cc2ccc(O)cc2[C@@](C)(CC)[C@H]1NC(=O)CC(=O)Nc1ccc(F)cc1F. The standard InChI is InChI=1S/C25H31F2N3O3/c1-5-25(3)18-13-17(31)9-7-15(18)11-21(30(4)6-2)24(25)29-23(33)14-22(32)28-20-10-8-16(26)12-19(20)27/h7-10,12-13,21,24,31H,5-6,11,14H2,1-4H3,(H,28,32)(H,29,33)/t21?,24-,25+/m0/s1. The first kappa shape index (κ1) is 24.6. The minimum atomic E-state index is -0.907. The van der Waals surface area contributed by atoms with Gasteiger partial charge in [0.25, 0.3) is 0 Å². The largest absolute Gasteiger partial charge is 0.508 e.